The van der Waals surface area contributed by atoms with Crippen LogP contribution in [-0.4, -0.2) is 28.4 Å². The highest BCUT2D eigenvalue weighted by atomic mass is 16.2. The van der Waals surface area contributed by atoms with Gasteiger partial charge in [0, 0.05) is 17.3 Å². The highest BCUT2D eigenvalue weighted by Crippen LogP contribution is 2.61. The minimum absolute atomic E-state index is 0.102. The molecule has 26 heavy (non-hydrogen) atoms. The van der Waals surface area contributed by atoms with Gasteiger partial charge < -0.3 is 10.6 Å². The molecule has 1 aromatic heterocycles. The van der Waals surface area contributed by atoms with E-state index in [-0.39, 0.29) is 28.8 Å². The first-order valence-corrected chi connectivity index (χ1v) is 9.86. The summed E-state index contributed by atoms with van der Waals surface area (Å²) < 4.78 is 0. The normalized spacial score (nSPS) is 34.8. The molecule has 0 spiro atoms. The lowest BCUT2D eigenvalue weighted by atomic mass is 9.46. The molecule has 0 saturated heterocycles. The summed E-state index contributed by atoms with van der Waals surface area (Å²) in [4.78, 5) is 30.2. The van der Waals surface area contributed by atoms with Crippen molar-refractivity contribution in [3.63, 3.8) is 0 Å². The summed E-state index contributed by atoms with van der Waals surface area (Å²) in [6.45, 7) is 5.92. The van der Waals surface area contributed by atoms with E-state index in [0.29, 0.717) is 17.5 Å². The van der Waals surface area contributed by atoms with Crippen molar-refractivity contribution in [2.24, 2.45) is 17.3 Å². The maximum Gasteiger partial charge on any atom is 0.270 e. The zero-order valence-electron chi connectivity index (χ0n) is 16.0. The van der Waals surface area contributed by atoms with Gasteiger partial charge in [0.2, 0.25) is 5.91 Å². The molecule has 0 aliphatic heterocycles. The number of carbonyl (C=O) groups excluding carboxylic acids is 2. The third-order valence-corrected chi connectivity index (χ3v) is 6.46. The van der Waals surface area contributed by atoms with E-state index in [2.05, 4.69) is 15.6 Å². The Balaban J connectivity index is 1.58. The van der Waals surface area contributed by atoms with Gasteiger partial charge in [-0.2, -0.15) is 0 Å². The molecule has 4 bridgehead atoms. The Morgan fingerprint density at radius 2 is 1.85 bits per heavy atom. The number of amides is 2. The Morgan fingerprint density at radius 1 is 1.15 bits per heavy atom. The van der Waals surface area contributed by atoms with E-state index in [1.54, 1.807) is 6.07 Å². The summed E-state index contributed by atoms with van der Waals surface area (Å²) in [6.07, 6.45) is 5.92. The van der Waals surface area contributed by atoms with Gasteiger partial charge in [-0.25, -0.2) is 4.98 Å². The molecular weight excluding hydrogens is 326 g/mol. The second-order valence-corrected chi connectivity index (χ2v) is 9.27. The molecule has 2 amide bonds. The number of aryl methyl sites for hydroxylation is 1. The number of rotatable bonds is 4. The zero-order valence-corrected chi connectivity index (χ0v) is 16.0. The van der Waals surface area contributed by atoms with Crippen molar-refractivity contribution in [3.05, 3.63) is 29.6 Å². The molecule has 5 rings (SSSR count). The first-order chi connectivity index (χ1) is 12.3. The summed E-state index contributed by atoms with van der Waals surface area (Å²) in [7, 11) is 0. The Bertz CT molecular complexity index is 729. The molecule has 5 heteroatoms. The summed E-state index contributed by atoms with van der Waals surface area (Å²) in [5, 5.41) is 6.47. The monoisotopic (exact) mass is 355 g/mol. The highest BCUT2D eigenvalue weighted by Gasteiger charge is 2.61. The molecule has 0 aromatic carbocycles. The van der Waals surface area contributed by atoms with Gasteiger partial charge in [-0.3, -0.25) is 9.59 Å². The first-order valence-electron chi connectivity index (χ1n) is 9.86. The molecule has 2 N–H and O–H groups in total. The van der Waals surface area contributed by atoms with E-state index in [4.69, 9.17) is 0 Å². The number of aromatic nitrogens is 1. The lowest BCUT2D eigenvalue weighted by molar-refractivity contribution is -0.150. The van der Waals surface area contributed by atoms with Gasteiger partial charge in [-0.05, 0) is 83.3 Å². The smallest absolute Gasteiger partial charge is 0.270 e. The topological polar surface area (TPSA) is 71.1 Å². The van der Waals surface area contributed by atoms with Crippen molar-refractivity contribution >= 4 is 11.8 Å². The predicted octanol–water partition coefficient (Wildman–Crippen LogP) is 2.98. The van der Waals surface area contributed by atoms with Crippen LogP contribution in [0.1, 0.15) is 68.6 Å². The van der Waals surface area contributed by atoms with Crippen molar-refractivity contribution in [1.29, 1.82) is 0 Å². The van der Waals surface area contributed by atoms with Gasteiger partial charge in [0.05, 0.1) is 5.41 Å². The first kappa shape index (κ1) is 17.5. The fourth-order valence-electron chi connectivity index (χ4n) is 6.06. The maximum atomic E-state index is 13.0. The maximum absolute atomic E-state index is 13.0. The SMILES string of the molecule is Cc1cccc(C(=O)NC23CC4CC(C2)CC(C(=O)NC(C)C)(C4)C3)n1. The van der Waals surface area contributed by atoms with Gasteiger partial charge in [0.15, 0.2) is 0 Å². The molecule has 4 fully saturated rings. The Labute approximate surface area is 155 Å². The van der Waals surface area contributed by atoms with E-state index in [9.17, 15) is 9.59 Å². The number of hydrogen-bond donors (Lipinski definition) is 2. The number of carbonyl (C=O) groups is 2. The minimum Gasteiger partial charge on any atom is -0.353 e. The zero-order chi connectivity index (χ0) is 18.5. The van der Waals surface area contributed by atoms with Gasteiger partial charge in [-0.15, -0.1) is 0 Å². The molecule has 5 nitrogen and oxygen atoms in total. The predicted molar refractivity (Wildman–Crippen MR) is 99.6 cm³/mol. The fourth-order valence-corrected chi connectivity index (χ4v) is 6.06. The third kappa shape index (κ3) is 3.01. The molecule has 4 saturated carbocycles. The molecule has 4 aliphatic rings. The quantitative estimate of drug-likeness (QED) is 0.872. The van der Waals surface area contributed by atoms with Crippen LogP contribution in [0.25, 0.3) is 0 Å². The molecule has 1 heterocycles. The third-order valence-electron chi connectivity index (χ3n) is 6.46. The van der Waals surface area contributed by atoms with E-state index in [1.165, 1.54) is 6.42 Å². The molecule has 140 valence electrons. The van der Waals surface area contributed by atoms with Crippen LogP contribution in [0.2, 0.25) is 0 Å². The molecule has 0 radical (unpaired) electrons. The van der Waals surface area contributed by atoms with Crippen LogP contribution >= 0.6 is 0 Å². The number of nitrogens with zero attached hydrogens (tertiary/aromatic N) is 1. The second kappa shape index (κ2) is 6.07. The van der Waals surface area contributed by atoms with E-state index in [1.807, 2.05) is 32.9 Å². The van der Waals surface area contributed by atoms with Crippen molar-refractivity contribution in [1.82, 2.24) is 15.6 Å². The van der Waals surface area contributed by atoms with E-state index >= 15 is 0 Å². The Morgan fingerprint density at radius 3 is 2.46 bits per heavy atom. The van der Waals surface area contributed by atoms with Crippen molar-refractivity contribution in [3.8, 4) is 0 Å². The molecule has 4 aliphatic carbocycles. The lowest BCUT2D eigenvalue weighted by Gasteiger charge is -2.61. The average Bonchev–Trinajstić information content (AvgIpc) is 2.52. The highest BCUT2D eigenvalue weighted by molar-refractivity contribution is 5.93. The Hall–Kier alpha value is -1.91. The summed E-state index contributed by atoms with van der Waals surface area (Å²) in [5.41, 5.74) is 0.764. The standard InChI is InChI=1S/C21H29N3O2/c1-13(2)22-19(26)20-8-15-7-16(9-20)11-21(10-15,12-20)24-18(25)17-6-4-5-14(3)23-17/h4-6,13,15-16H,7-12H2,1-3H3,(H,22,26)(H,24,25). The Kier molecular flexibility index (Phi) is 4.08. The van der Waals surface area contributed by atoms with Crippen molar-refractivity contribution in [2.45, 2.75) is 70.9 Å². The van der Waals surface area contributed by atoms with Crippen LogP contribution in [0, 0.1) is 24.2 Å². The molecule has 2 atom stereocenters. The summed E-state index contributed by atoms with van der Waals surface area (Å²) in [6, 6.07) is 5.68. The van der Waals surface area contributed by atoms with Gasteiger partial charge in [0.1, 0.15) is 5.69 Å². The van der Waals surface area contributed by atoms with E-state index in [0.717, 1.165) is 37.8 Å². The summed E-state index contributed by atoms with van der Waals surface area (Å²) in [5.74, 6) is 1.17. The van der Waals surface area contributed by atoms with Crippen LogP contribution in [-0.2, 0) is 4.79 Å². The lowest BCUT2D eigenvalue weighted by Crippen LogP contribution is -2.66. The largest absolute Gasteiger partial charge is 0.353 e. The number of pyridine rings is 1. The summed E-state index contributed by atoms with van der Waals surface area (Å²) >= 11 is 0. The number of nitrogens with one attached hydrogen (secondary N) is 2. The molecular formula is C21H29N3O2. The fraction of sp³-hybridized carbons (Fsp3) is 0.667. The molecule has 2 unspecified atom stereocenters. The van der Waals surface area contributed by atoms with Gasteiger partial charge >= 0.3 is 0 Å². The number of hydrogen-bond acceptors (Lipinski definition) is 3. The van der Waals surface area contributed by atoms with Crippen LogP contribution in [0.3, 0.4) is 0 Å². The van der Waals surface area contributed by atoms with Crippen molar-refractivity contribution < 1.29 is 9.59 Å². The minimum atomic E-state index is -0.304. The van der Waals surface area contributed by atoms with Crippen LogP contribution in [0.5, 0.6) is 0 Å². The molecule has 1 aromatic rings. The van der Waals surface area contributed by atoms with Crippen LogP contribution < -0.4 is 10.6 Å². The van der Waals surface area contributed by atoms with E-state index < -0.39 is 0 Å². The van der Waals surface area contributed by atoms with Crippen LogP contribution in [0.15, 0.2) is 18.2 Å². The average molecular weight is 355 g/mol. The van der Waals surface area contributed by atoms with Gasteiger partial charge in [0.25, 0.3) is 5.91 Å². The van der Waals surface area contributed by atoms with Crippen LogP contribution in [0.4, 0.5) is 0 Å². The second-order valence-electron chi connectivity index (χ2n) is 9.27. The van der Waals surface area contributed by atoms with Gasteiger partial charge in [-0.1, -0.05) is 6.07 Å². The van der Waals surface area contributed by atoms with Crippen molar-refractivity contribution in [2.75, 3.05) is 0 Å².